The van der Waals surface area contributed by atoms with Gasteiger partial charge in [0.1, 0.15) is 0 Å². The maximum absolute atomic E-state index is 11.9. The number of hydrazone groups is 1. The second kappa shape index (κ2) is 8.05. The van der Waals surface area contributed by atoms with Crippen LogP contribution in [0, 0.1) is 0 Å². The van der Waals surface area contributed by atoms with Gasteiger partial charge in [0.2, 0.25) is 11.7 Å². The van der Waals surface area contributed by atoms with E-state index in [0.29, 0.717) is 22.8 Å². The number of amides is 1. The lowest BCUT2D eigenvalue weighted by Gasteiger charge is -2.13. The SMILES string of the molecule is COc1ccc(/C=N/NC(=O)Cc2cccn2C)c(OC)c1OC. The van der Waals surface area contributed by atoms with Crippen LogP contribution in [-0.2, 0) is 18.3 Å². The van der Waals surface area contributed by atoms with Crippen molar-refractivity contribution in [1.29, 1.82) is 0 Å². The summed E-state index contributed by atoms with van der Waals surface area (Å²) in [5.74, 6) is 1.31. The maximum Gasteiger partial charge on any atom is 0.245 e. The first-order valence-electron chi connectivity index (χ1n) is 7.31. The lowest BCUT2D eigenvalue weighted by atomic mass is 10.2. The van der Waals surface area contributed by atoms with E-state index in [2.05, 4.69) is 10.5 Å². The van der Waals surface area contributed by atoms with Gasteiger partial charge in [-0.2, -0.15) is 5.10 Å². The molecule has 0 saturated carbocycles. The number of ether oxygens (including phenoxy) is 3. The molecule has 0 aliphatic rings. The number of nitrogens with zero attached hydrogens (tertiary/aromatic N) is 2. The van der Waals surface area contributed by atoms with E-state index in [9.17, 15) is 4.79 Å². The highest BCUT2D eigenvalue weighted by Crippen LogP contribution is 2.38. The molecule has 24 heavy (non-hydrogen) atoms. The first kappa shape index (κ1) is 17.4. The number of carbonyl (C=O) groups excluding carboxylic acids is 1. The molecule has 2 aromatic rings. The van der Waals surface area contributed by atoms with Crippen LogP contribution in [-0.4, -0.2) is 38.0 Å². The van der Waals surface area contributed by atoms with Crippen LogP contribution in [0.3, 0.4) is 0 Å². The second-order valence-corrected chi connectivity index (χ2v) is 5.00. The molecule has 0 fully saturated rings. The molecule has 0 saturated heterocycles. The van der Waals surface area contributed by atoms with Crippen molar-refractivity contribution in [3.63, 3.8) is 0 Å². The van der Waals surface area contributed by atoms with Crippen molar-refractivity contribution in [2.24, 2.45) is 12.1 Å². The third-order valence-corrected chi connectivity index (χ3v) is 3.52. The molecule has 1 heterocycles. The summed E-state index contributed by atoms with van der Waals surface area (Å²) in [6.07, 6.45) is 3.65. The van der Waals surface area contributed by atoms with E-state index in [4.69, 9.17) is 14.2 Å². The number of rotatable bonds is 7. The molecule has 0 atom stereocenters. The molecule has 0 unspecified atom stereocenters. The average Bonchev–Trinajstić information content (AvgIpc) is 2.98. The summed E-state index contributed by atoms with van der Waals surface area (Å²) in [7, 11) is 6.50. The highest BCUT2D eigenvalue weighted by atomic mass is 16.5. The third kappa shape index (κ3) is 3.87. The summed E-state index contributed by atoms with van der Waals surface area (Å²) in [5.41, 5.74) is 4.07. The van der Waals surface area contributed by atoms with Crippen LogP contribution in [0.1, 0.15) is 11.3 Å². The fourth-order valence-corrected chi connectivity index (χ4v) is 2.28. The number of benzene rings is 1. The largest absolute Gasteiger partial charge is 0.493 e. The summed E-state index contributed by atoms with van der Waals surface area (Å²) in [4.78, 5) is 11.9. The van der Waals surface area contributed by atoms with Gasteiger partial charge in [0.25, 0.3) is 0 Å². The van der Waals surface area contributed by atoms with Gasteiger partial charge in [-0.15, -0.1) is 0 Å². The predicted molar refractivity (Wildman–Crippen MR) is 91.0 cm³/mol. The van der Waals surface area contributed by atoms with Gasteiger partial charge in [0.05, 0.1) is 34.0 Å². The molecule has 1 N–H and O–H groups in total. The van der Waals surface area contributed by atoms with Crippen molar-refractivity contribution in [2.45, 2.75) is 6.42 Å². The minimum absolute atomic E-state index is 0.201. The molecule has 0 spiro atoms. The van der Waals surface area contributed by atoms with Gasteiger partial charge < -0.3 is 18.8 Å². The fraction of sp³-hybridized carbons (Fsp3) is 0.294. The highest BCUT2D eigenvalue weighted by molar-refractivity contribution is 5.87. The Morgan fingerprint density at radius 3 is 2.50 bits per heavy atom. The van der Waals surface area contributed by atoms with E-state index in [1.807, 2.05) is 29.9 Å². The van der Waals surface area contributed by atoms with Crippen molar-refractivity contribution in [3.8, 4) is 17.2 Å². The zero-order chi connectivity index (χ0) is 17.5. The third-order valence-electron chi connectivity index (χ3n) is 3.52. The molecular weight excluding hydrogens is 310 g/mol. The van der Waals surface area contributed by atoms with Crippen LogP contribution in [0.25, 0.3) is 0 Å². The zero-order valence-corrected chi connectivity index (χ0v) is 14.2. The Balaban J connectivity index is 2.08. The number of nitrogens with one attached hydrogen (secondary N) is 1. The minimum atomic E-state index is -0.201. The molecular formula is C17H21N3O4. The van der Waals surface area contributed by atoms with E-state index in [0.717, 1.165) is 5.69 Å². The summed E-state index contributed by atoms with van der Waals surface area (Å²) in [6, 6.07) is 7.29. The van der Waals surface area contributed by atoms with Gasteiger partial charge in [-0.3, -0.25) is 4.79 Å². The first-order valence-corrected chi connectivity index (χ1v) is 7.31. The Hall–Kier alpha value is -2.96. The Labute approximate surface area is 140 Å². The number of hydrogen-bond acceptors (Lipinski definition) is 5. The lowest BCUT2D eigenvalue weighted by Crippen LogP contribution is -2.20. The van der Waals surface area contributed by atoms with E-state index < -0.39 is 0 Å². The molecule has 1 amide bonds. The van der Waals surface area contributed by atoms with E-state index in [1.54, 1.807) is 19.2 Å². The van der Waals surface area contributed by atoms with E-state index in [-0.39, 0.29) is 12.3 Å². The van der Waals surface area contributed by atoms with Crippen LogP contribution in [0.5, 0.6) is 17.2 Å². The Morgan fingerprint density at radius 2 is 1.92 bits per heavy atom. The van der Waals surface area contributed by atoms with Crippen LogP contribution < -0.4 is 19.6 Å². The fourth-order valence-electron chi connectivity index (χ4n) is 2.28. The van der Waals surface area contributed by atoms with Crippen LogP contribution in [0.2, 0.25) is 0 Å². The van der Waals surface area contributed by atoms with Gasteiger partial charge in [0.15, 0.2) is 11.5 Å². The quantitative estimate of drug-likeness (QED) is 0.619. The Kier molecular flexibility index (Phi) is 5.83. The van der Waals surface area contributed by atoms with Crippen LogP contribution >= 0.6 is 0 Å². The Morgan fingerprint density at radius 1 is 1.17 bits per heavy atom. The van der Waals surface area contributed by atoms with Crippen LogP contribution in [0.15, 0.2) is 35.6 Å². The number of hydrogen-bond donors (Lipinski definition) is 1. The molecule has 0 aliphatic heterocycles. The van der Waals surface area contributed by atoms with Gasteiger partial charge >= 0.3 is 0 Å². The summed E-state index contributed by atoms with van der Waals surface area (Å²) in [5, 5.41) is 3.98. The number of carbonyl (C=O) groups is 1. The van der Waals surface area contributed by atoms with Crippen molar-refractivity contribution in [3.05, 3.63) is 41.7 Å². The standard InChI is InChI=1S/C17H21N3O4/c1-20-9-5-6-13(20)10-15(21)19-18-11-12-7-8-14(22-2)17(24-4)16(12)23-3/h5-9,11H,10H2,1-4H3,(H,19,21)/b18-11+. The highest BCUT2D eigenvalue weighted by Gasteiger charge is 2.14. The second-order valence-electron chi connectivity index (χ2n) is 5.00. The van der Waals surface area contributed by atoms with Gasteiger partial charge in [-0.1, -0.05) is 0 Å². The number of methoxy groups -OCH3 is 3. The molecule has 128 valence electrons. The zero-order valence-electron chi connectivity index (χ0n) is 14.2. The molecule has 7 nitrogen and oxygen atoms in total. The molecule has 1 aromatic carbocycles. The predicted octanol–water partition coefficient (Wildman–Crippen LogP) is 1.74. The smallest absolute Gasteiger partial charge is 0.245 e. The molecule has 2 rings (SSSR count). The van der Waals surface area contributed by atoms with Crippen LogP contribution in [0.4, 0.5) is 0 Å². The topological polar surface area (TPSA) is 74.1 Å². The van der Waals surface area contributed by atoms with E-state index in [1.165, 1.54) is 20.4 Å². The number of aryl methyl sites for hydroxylation is 1. The summed E-state index contributed by atoms with van der Waals surface area (Å²) < 4.78 is 17.8. The molecule has 0 radical (unpaired) electrons. The Bertz CT molecular complexity index is 737. The van der Waals surface area contributed by atoms with Gasteiger partial charge in [0, 0.05) is 24.5 Å². The molecule has 1 aromatic heterocycles. The molecule has 0 aliphatic carbocycles. The number of aromatic nitrogens is 1. The minimum Gasteiger partial charge on any atom is -0.493 e. The van der Waals surface area contributed by atoms with Crippen molar-refractivity contribution >= 4 is 12.1 Å². The van der Waals surface area contributed by atoms with Gasteiger partial charge in [-0.05, 0) is 24.3 Å². The molecule has 7 heteroatoms. The average molecular weight is 331 g/mol. The normalized spacial score (nSPS) is 10.7. The monoisotopic (exact) mass is 331 g/mol. The summed E-state index contributed by atoms with van der Waals surface area (Å²) in [6.45, 7) is 0. The maximum atomic E-state index is 11.9. The van der Waals surface area contributed by atoms with Crippen molar-refractivity contribution in [2.75, 3.05) is 21.3 Å². The van der Waals surface area contributed by atoms with Gasteiger partial charge in [-0.25, -0.2) is 5.43 Å². The van der Waals surface area contributed by atoms with E-state index >= 15 is 0 Å². The van der Waals surface area contributed by atoms with Crippen molar-refractivity contribution < 1.29 is 19.0 Å². The molecule has 0 bridgehead atoms. The lowest BCUT2D eigenvalue weighted by molar-refractivity contribution is -0.120. The van der Waals surface area contributed by atoms with Crippen molar-refractivity contribution in [1.82, 2.24) is 9.99 Å². The first-order chi connectivity index (χ1) is 11.6. The summed E-state index contributed by atoms with van der Waals surface area (Å²) >= 11 is 0.